The predicted octanol–water partition coefficient (Wildman–Crippen LogP) is 4.01. The van der Waals surface area contributed by atoms with Gasteiger partial charge in [0.15, 0.2) is 0 Å². The van der Waals surface area contributed by atoms with Crippen LogP contribution in [0.1, 0.15) is 25.7 Å². The van der Waals surface area contributed by atoms with Crippen molar-refractivity contribution >= 4 is 33.7 Å². The highest BCUT2D eigenvalue weighted by Crippen LogP contribution is 2.74. The van der Waals surface area contributed by atoms with E-state index >= 15 is 0 Å². The molecule has 5 atom stereocenters. The summed E-state index contributed by atoms with van der Waals surface area (Å²) in [6.45, 7) is 0. The first-order valence-corrected chi connectivity index (χ1v) is 11.1. The fourth-order valence-electron chi connectivity index (χ4n) is 4.85. The fourth-order valence-corrected chi connectivity index (χ4v) is 9.24. The summed E-state index contributed by atoms with van der Waals surface area (Å²) in [5, 5.41) is 12.2. The second kappa shape index (κ2) is 6.82. The van der Waals surface area contributed by atoms with Crippen molar-refractivity contribution in [3.05, 3.63) is 60.7 Å². The van der Waals surface area contributed by atoms with E-state index in [-0.39, 0.29) is 5.41 Å². The first-order chi connectivity index (χ1) is 12.1. The van der Waals surface area contributed by atoms with Crippen molar-refractivity contribution in [1.29, 1.82) is 0 Å². The smallest absolute Gasteiger partial charge is 0.303 e. The molecule has 2 aliphatic rings. The summed E-state index contributed by atoms with van der Waals surface area (Å²) in [5.74, 6) is -0.312. The minimum Gasteiger partial charge on any atom is -0.481 e. The van der Waals surface area contributed by atoms with Gasteiger partial charge in [-0.05, 0) is 60.4 Å². The highest BCUT2D eigenvalue weighted by Gasteiger charge is 2.66. The van der Waals surface area contributed by atoms with Crippen molar-refractivity contribution in [3.63, 3.8) is 0 Å². The van der Waals surface area contributed by atoms with Crippen molar-refractivity contribution in [2.45, 2.75) is 37.0 Å². The number of hydrogen-bond acceptors (Lipinski definition) is 1. The Morgan fingerprint density at radius 3 is 2.12 bits per heavy atom. The van der Waals surface area contributed by atoms with Crippen LogP contribution in [-0.4, -0.2) is 22.4 Å². The van der Waals surface area contributed by atoms with Gasteiger partial charge in [-0.25, -0.2) is 0 Å². The lowest BCUT2D eigenvalue weighted by atomic mass is 9.89. The number of hydrogen-bond donors (Lipinski definition) is 1. The molecule has 0 heterocycles. The van der Waals surface area contributed by atoms with Crippen molar-refractivity contribution < 1.29 is 9.90 Å². The molecule has 0 saturated heterocycles. The highest BCUT2D eigenvalue weighted by atomic mass is 31.1. The normalized spacial score (nSPS) is 30.7. The molecule has 4 heteroatoms. The summed E-state index contributed by atoms with van der Waals surface area (Å²) >= 11 is 0. The second-order valence-electron chi connectivity index (χ2n) is 7.35. The quantitative estimate of drug-likeness (QED) is 0.808. The average Bonchev–Trinajstić information content (AvgIpc) is 3.29. The number of carboxylic acid groups (broad SMARTS) is 1. The molecule has 2 nitrogen and oxygen atoms in total. The molecule has 0 aromatic heterocycles. The maximum Gasteiger partial charge on any atom is 0.303 e. The van der Waals surface area contributed by atoms with Crippen LogP contribution in [-0.2, 0) is 4.79 Å². The van der Waals surface area contributed by atoms with Gasteiger partial charge in [-0.1, -0.05) is 60.7 Å². The van der Waals surface area contributed by atoms with E-state index in [9.17, 15) is 9.90 Å². The molecule has 2 fully saturated rings. The van der Waals surface area contributed by atoms with Gasteiger partial charge in [-0.2, -0.15) is 0 Å². The summed E-state index contributed by atoms with van der Waals surface area (Å²) in [6, 6.07) is 21.7. The largest absolute Gasteiger partial charge is 0.481 e. The van der Waals surface area contributed by atoms with E-state index in [1.54, 1.807) is 0 Å². The maximum atomic E-state index is 11.4. The topological polar surface area (TPSA) is 37.3 Å². The van der Waals surface area contributed by atoms with Crippen molar-refractivity contribution in [1.82, 2.24) is 0 Å². The average molecular weight is 370 g/mol. The molecule has 2 saturated carbocycles. The van der Waals surface area contributed by atoms with Crippen LogP contribution in [0.15, 0.2) is 60.7 Å². The van der Waals surface area contributed by atoms with E-state index in [1.165, 1.54) is 17.0 Å². The maximum absolute atomic E-state index is 11.4. The second-order valence-corrected chi connectivity index (χ2v) is 10.6. The third-order valence-electron chi connectivity index (χ3n) is 6.09. The van der Waals surface area contributed by atoms with Crippen LogP contribution in [0, 0.1) is 11.3 Å². The molecule has 0 amide bonds. The van der Waals surface area contributed by atoms with Crippen molar-refractivity contribution in [3.8, 4) is 0 Å². The third-order valence-corrected chi connectivity index (χ3v) is 10.0. The van der Waals surface area contributed by atoms with E-state index in [2.05, 4.69) is 69.9 Å². The molecule has 4 rings (SSSR count). The molecule has 5 unspecified atom stereocenters. The molecule has 130 valence electrons. The molecule has 2 aromatic carbocycles. The van der Waals surface area contributed by atoms with Crippen LogP contribution in [0.5, 0.6) is 0 Å². The van der Waals surface area contributed by atoms with Gasteiger partial charge in [-0.3, -0.25) is 4.79 Å². The van der Waals surface area contributed by atoms with E-state index < -0.39 is 13.9 Å². The Morgan fingerprint density at radius 1 is 1.04 bits per heavy atom. The van der Waals surface area contributed by atoms with Crippen LogP contribution in [0.2, 0.25) is 0 Å². The van der Waals surface area contributed by atoms with Gasteiger partial charge >= 0.3 is 5.97 Å². The Bertz CT molecular complexity index is 710. The summed E-state index contributed by atoms with van der Waals surface area (Å²) < 4.78 is 0. The zero-order valence-corrected chi connectivity index (χ0v) is 16.3. The van der Waals surface area contributed by atoms with E-state index in [0.29, 0.717) is 23.7 Å². The lowest BCUT2D eigenvalue weighted by molar-refractivity contribution is -0.138. The predicted molar refractivity (Wildman–Crippen MR) is 108 cm³/mol. The van der Waals surface area contributed by atoms with Crippen molar-refractivity contribution in [2.75, 3.05) is 0 Å². The standard InChI is InChI=1S/C21H24O2P2/c22-20(23)13-15-11-12-18(24)21(15)14-19(21)25(16-7-3-1-4-8-16)17-9-5-2-6-10-17/h1-10,15,18-19H,11-14,24H2,(H,22,23). The Hall–Kier alpha value is -1.23. The van der Waals surface area contributed by atoms with E-state index in [4.69, 9.17) is 0 Å². The minimum atomic E-state index is -0.641. The van der Waals surface area contributed by atoms with E-state index in [0.717, 1.165) is 12.8 Å². The van der Waals surface area contributed by atoms with Gasteiger partial charge in [0.25, 0.3) is 0 Å². The number of aliphatic carboxylic acids is 1. The monoisotopic (exact) mass is 370 g/mol. The fraction of sp³-hybridized carbons (Fsp3) is 0.381. The van der Waals surface area contributed by atoms with Gasteiger partial charge in [0, 0.05) is 6.42 Å². The lowest BCUT2D eigenvalue weighted by Crippen LogP contribution is -2.26. The van der Waals surface area contributed by atoms with Crippen LogP contribution in [0.4, 0.5) is 0 Å². The molecule has 0 bridgehead atoms. The number of benzene rings is 2. The Balaban J connectivity index is 1.71. The summed E-state index contributed by atoms with van der Waals surface area (Å²) in [5.41, 5.74) is 1.36. The van der Waals surface area contributed by atoms with Gasteiger partial charge in [0.05, 0.1) is 0 Å². The lowest BCUT2D eigenvalue weighted by Gasteiger charge is -2.28. The van der Waals surface area contributed by atoms with Crippen LogP contribution >= 0.6 is 17.2 Å². The minimum absolute atomic E-state index is 0.209. The Labute approximate surface area is 153 Å². The number of carboxylic acids is 1. The zero-order chi connectivity index (χ0) is 17.4. The van der Waals surface area contributed by atoms with Gasteiger partial charge in [0.2, 0.25) is 0 Å². The Morgan fingerprint density at radius 2 is 1.60 bits per heavy atom. The summed E-state index contributed by atoms with van der Waals surface area (Å²) in [6.07, 6.45) is 3.71. The van der Waals surface area contributed by atoms with Gasteiger partial charge in [0.1, 0.15) is 0 Å². The molecule has 1 spiro atoms. The molecule has 2 aromatic rings. The molecular formula is C21H24O2P2. The van der Waals surface area contributed by atoms with Gasteiger partial charge < -0.3 is 5.11 Å². The first kappa shape index (κ1) is 17.2. The van der Waals surface area contributed by atoms with E-state index in [1.807, 2.05) is 0 Å². The van der Waals surface area contributed by atoms with Crippen LogP contribution in [0.25, 0.3) is 0 Å². The summed E-state index contributed by atoms with van der Waals surface area (Å²) in [4.78, 5) is 11.4. The van der Waals surface area contributed by atoms with Gasteiger partial charge in [-0.15, -0.1) is 9.24 Å². The molecule has 1 N–H and O–H groups in total. The number of carbonyl (C=O) groups is 1. The third kappa shape index (κ3) is 3.05. The van der Waals surface area contributed by atoms with Crippen LogP contribution in [0.3, 0.4) is 0 Å². The molecule has 0 aliphatic heterocycles. The van der Waals surface area contributed by atoms with Crippen LogP contribution < -0.4 is 10.6 Å². The molecule has 2 aliphatic carbocycles. The first-order valence-electron chi connectivity index (χ1n) is 8.99. The number of rotatable bonds is 5. The highest BCUT2D eigenvalue weighted by molar-refractivity contribution is 7.74. The Kier molecular flexibility index (Phi) is 4.69. The summed E-state index contributed by atoms with van der Waals surface area (Å²) in [7, 11) is 2.61. The molecule has 25 heavy (non-hydrogen) atoms. The zero-order valence-electron chi connectivity index (χ0n) is 14.2. The SMILES string of the molecule is O=C(O)CC1CCC(P)C12CC2P(c1ccccc1)c1ccccc1. The molecular weight excluding hydrogens is 346 g/mol. The molecule has 0 radical (unpaired) electrons. The van der Waals surface area contributed by atoms with Crippen molar-refractivity contribution in [2.24, 2.45) is 11.3 Å².